The fourth-order valence-corrected chi connectivity index (χ4v) is 5.36. The van der Waals surface area contributed by atoms with Crippen molar-refractivity contribution in [3.05, 3.63) is 29.8 Å². The van der Waals surface area contributed by atoms with Gasteiger partial charge in [0.2, 0.25) is 0 Å². The summed E-state index contributed by atoms with van der Waals surface area (Å²) in [6.07, 6.45) is 5.06. The molecule has 21 heavy (non-hydrogen) atoms. The van der Waals surface area contributed by atoms with Crippen LogP contribution in [0.15, 0.2) is 29.2 Å². The van der Waals surface area contributed by atoms with Crippen LogP contribution in [0.25, 0.3) is 0 Å². The van der Waals surface area contributed by atoms with Crippen LogP contribution in [0.3, 0.4) is 0 Å². The van der Waals surface area contributed by atoms with Gasteiger partial charge in [0.1, 0.15) is 0 Å². The molecule has 2 N–H and O–H groups in total. The maximum atomic E-state index is 12.2. The van der Waals surface area contributed by atoms with Crippen LogP contribution in [0.4, 0.5) is 0 Å². The van der Waals surface area contributed by atoms with Crippen molar-refractivity contribution in [2.45, 2.75) is 55.1 Å². The molecule has 1 aromatic rings. The van der Waals surface area contributed by atoms with E-state index in [2.05, 4.69) is 11.9 Å². The zero-order valence-corrected chi connectivity index (χ0v) is 13.3. The fraction of sp³-hybridized carbons (Fsp3) is 0.625. The number of benzene rings is 1. The summed E-state index contributed by atoms with van der Waals surface area (Å²) in [5.74, 6) is 0.255. The molecule has 1 unspecified atom stereocenters. The first-order chi connectivity index (χ1) is 9.99. The van der Waals surface area contributed by atoms with Gasteiger partial charge in [-0.2, -0.15) is 0 Å². The van der Waals surface area contributed by atoms with Crippen LogP contribution in [0.1, 0.15) is 43.7 Å². The van der Waals surface area contributed by atoms with Crippen LogP contribution in [0, 0.1) is 0 Å². The van der Waals surface area contributed by atoms with E-state index < -0.39 is 9.84 Å². The second-order valence-corrected chi connectivity index (χ2v) is 8.47. The monoisotopic (exact) mass is 308 g/mol. The van der Waals surface area contributed by atoms with E-state index in [4.69, 9.17) is 5.73 Å². The molecule has 1 aliphatic heterocycles. The SMILES string of the molecule is CN(C1CCC(N)CC1)C1CCS(=O)(=O)c2ccccc21. The minimum absolute atomic E-state index is 0.212. The fourth-order valence-electron chi connectivity index (χ4n) is 3.76. The highest BCUT2D eigenvalue weighted by Gasteiger charge is 2.35. The highest BCUT2D eigenvalue weighted by atomic mass is 32.2. The highest BCUT2D eigenvalue weighted by Crippen LogP contribution is 2.38. The van der Waals surface area contributed by atoms with Gasteiger partial charge in [-0.15, -0.1) is 0 Å². The van der Waals surface area contributed by atoms with Crippen molar-refractivity contribution in [3.63, 3.8) is 0 Å². The van der Waals surface area contributed by atoms with E-state index in [0.717, 1.165) is 31.2 Å². The third kappa shape index (κ3) is 2.87. The molecule has 1 saturated carbocycles. The maximum absolute atomic E-state index is 12.2. The molecule has 0 saturated heterocycles. The van der Waals surface area contributed by atoms with Crippen LogP contribution < -0.4 is 5.73 Å². The number of hydrogen-bond donors (Lipinski definition) is 1. The van der Waals surface area contributed by atoms with Crippen LogP contribution in [0.5, 0.6) is 0 Å². The summed E-state index contributed by atoms with van der Waals surface area (Å²) in [6, 6.07) is 8.56. The van der Waals surface area contributed by atoms with Crippen molar-refractivity contribution in [3.8, 4) is 0 Å². The van der Waals surface area contributed by atoms with Gasteiger partial charge in [0, 0.05) is 18.1 Å². The van der Waals surface area contributed by atoms with E-state index in [1.807, 2.05) is 18.2 Å². The molecule has 4 nitrogen and oxygen atoms in total. The Morgan fingerprint density at radius 3 is 2.48 bits per heavy atom. The third-order valence-electron chi connectivity index (χ3n) is 5.08. The van der Waals surface area contributed by atoms with Gasteiger partial charge in [-0.3, -0.25) is 4.90 Å². The van der Waals surface area contributed by atoms with Crippen molar-refractivity contribution in [2.24, 2.45) is 5.73 Å². The Kier molecular flexibility index (Phi) is 4.08. The van der Waals surface area contributed by atoms with E-state index in [1.165, 1.54) is 0 Å². The van der Waals surface area contributed by atoms with E-state index in [9.17, 15) is 8.42 Å². The van der Waals surface area contributed by atoms with Crippen molar-refractivity contribution in [1.29, 1.82) is 0 Å². The molecule has 1 aromatic carbocycles. The minimum atomic E-state index is -3.09. The molecule has 1 heterocycles. The predicted octanol–water partition coefficient (Wildman–Crippen LogP) is 2.11. The van der Waals surface area contributed by atoms with Crippen LogP contribution in [-0.4, -0.2) is 38.2 Å². The predicted molar refractivity (Wildman–Crippen MR) is 83.8 cm³/mol. The Hall–Kier alpha value is -0.910. The molecule has 0 spiro atoms. The van der Waals surface area contributed by atoms with Gasteiger partial charge in [-0.1, -0.05) is 18.2 Å². The first-order valence-electron chi connectivity index (χ1n) is 7.78. The van der Waals surface area contributed by atoms with E-state index in [1.54, 1.807) is 6.07 Å². The van der Waals surface area contributed by atoms with Gasteiger partial charge in [-0.05, 0) is 50.8 Å². The number of nitrogens with zero attached hydrogens (tertiary/aromatic N) is 1. The molecule has 2 aliphatic rings. The number of fused-ring (bicyclic) bond motifs is 1. The zero-order valence-electron chi connectivity index (χ0n) is 12.5. The molecular weight excluding hydrogens is 284 g/mol. The molecule has 5 heteroatoms. The standard InChI is InChI=1S/C16H24N2O2S/c1-18(13-8-6-12(17)7-9-13)15-10-11-21(19,20)16-5-3-2-4-14(15)16/h2-5,12-13,15H,6-11,17H2,1H3. The van der Waals surface area contributed by atoms with E-state index in [-0.39, 0.29) is 11.8 Å². The quantitative estimate of drug-likeness (QED) is 0.909. The maximum Gasteiger partial charge on any atom is 0.178 e. The summed E-state index contributed by atoms with van der Waals surface area (Å²) in [5.41, 5.74) is 6.96. The highest BCUT2D eigenvalue weighted by molar-refractivity contribution is 7.91. The van der Waals surface area contributed by atoms with Gasteiger partial charge in [-0.25, -0.2) is 8.42 Å². The Bertz CT molecular complexity index is 606. The number of nitrogens with two attached hydrogens (primary N) is 1. The van der Waals surface area contributed by atoms with E-state index in [0.29, 0.717) is 23.4 Å². The average molecular weight is 308 g/mol. The first-order valence-corrected chi connectivity index (χ1v) is 9.43. The Labute approximate surface area is 127 Å². The average Bonchev–Trinajstić information content (AvgIpc) is 2.48. The minimum Gasteiger partial charge on any atom is -0.328 e. The van der Waals surface area contributed by atoms with Crippen molar-refractivity contribution < 1.29 is 8.42 Å². The molecule has 1 aliphatic carbocycles. The summed E-state index contributed by atoms with van der Waals surface area (Å²) >= 11 is 0. The summed E-state index contributed by atoms with van der Waals surface area (Å²) in [4.78, 5) is 2.92. The number of sulfone groups is 1. The van der Waals surface area contributed by atoms with Crippen LogP contribution in [-0.2, 0) is 9.84 Å². The molecule has 1 fully saturated rings. The van der Waals surface area contributed by atoms with Crippen LogP contribution in [0.2, 0.25) is 0 Å². The van der Waals surface area contributed by atoms with Gasteiger partial charge < -0.3 is 5.73 Å². The van der Waals surface area contributed by atoms with Crippen molar-refractivity contribution in [1.82, 2.24) is 4.90 Å². The Morgan fingerprint density at radius 2 is 1.76 bits per heavy atom. The third-order valence-corrected chi connectivity index (χ3v) is 6.90. The topological polar surface area (TPSA) is 63.4 Å². The summed E-state index contributed by atoms with van der Waals surface area (Å²) in [5, 5.41) is 0. The lowest BCUT2D eigenvalue weighted by Gasteiger charge is -2.40. The van der Waals surface area contributed by atoms with Gasteiger partial charge in [0.15, 0.2) is 9.84 Å². The molecule has 0 radical (unpaired) electrons. The number of hydrogen-bond acceptors (Lipinski definition) is 4. The van der Waals surface area contributed by atoms with Gasteiger partial charge >= 0.3 is 0 Å². The smallest absolute Gasteiger partial charge is 0.178 e. The van der Waals surface area contributed by atoms with E-state index >= 15 is 0 Å². The lowest BCUT2D eigenvalue weighted by atomic mass is 9.89. The lowest BCUT2D eigenvalue weighted by Crippen LogP contribution is -2.42. The molecule has 0 amide bonds. The molecule has 0 aromatic heterocycles. The Balaban J connectivity index is 1.86. The molecular formula is C16H24N2O2S. The number of rotatable bonds is 2. The zero-order chi connectivity index (χ0) is 15.0. The first kappa shape index (κ1) is 15.0. The Morgan fingerprint density at radius 1 is 1.10 bits per heavy atom. The van der Waals surface area contributed by atoms with Gasteiger partial charge in [0.25, 0.3) is 0 Å². The summed E-state index contributed by atoms with van der Waals surface area (Å²) < 4.78 is 24.5. The van der Waals surface area contributed by atoms with Crippen molar-refractivity contribution >= 4 is 9.84 Å². The second-order valence-electron chi connectivity index (χ2n) is 6.40. The lowest BCUT2D eigenvalue weighted by molar-refractivity contribution is 0.126. The van der Waals surface area contributed by atoms with Gasteiger partial charge in [0.05, 0.1) is 10.6 Å². The van der Waals surface area contributed by atoms with Crippen LogP contribution >= 0.6 is 0 Å². The molecule has 3 rings (SSSR count). The summed E-state index contributed by atoms with van der Waals surface area (Å²) in [6.45, 7) is 0. The largest absolute Gasteiger partial charge is 0.328 e. The molecule has 0 bridgehead atoms. The normalized spacial score (nSPS) is 31.9. The van der Waals surface area contributed by atoms with Crippen molar-refractivity contribution in [2.75, 3.05) is 12.8 Å². The molecule has 1 atom stereocenters. The summed E-state index contributed by atoms with van der Waals surface area (Å²) in [7, 11) is -0.955. The second kappa shape index (κ2) is 5.71. The molecule has 116 valence electrons.